The molecule has 4 fully saturated rings. The molecule has 4 aliphatic carbocycles. The number of hydrogen-bond donors (Lipinski definition) is 0. The number of esters is 1. The molecular formula is C16H22O4. The van der Waals surface area contributed by atoms with E-state index in [-0.39, 0.29) is 30.0 Å². The molecule has 2 unspecified atom stereocenters. The molecule has 4 saturated carbocycles. The molecule has 0 N–H and O–H groups in total. The van der Waals surface area contributed by atoms with Crippen LogP contribution in [0.25, 0.3) is 0 Å². The van der Waals surface area contributed by atoms with Crippen molar-refractivity contribution in [2.24, 2.45) is 17.8 Å². The van der Waals surface area contributed by atoms with Crippen molar-refractivity contribution in [3.05, 3.63) is 12.2 Å². The van der Waals surface area contributed by atoms with Gasteiger partial charge in [0.05, 0.1) is 12.2 Å². The van der Waals surface area contributed by atoms with Gasteiger partial charge in [-0.25, -0.2) is 4.79 Å². The van der Waals surface area contributed by atoms with Crippen molar-refractivity contribution >= 4 is 11.8 Å². The van der Waals surface area contributed by atoms with Crippen molar-refractivity contribution in [2.75, 3.05) is 13.2 Å². The SMILES string of the molecule is C=C(C)C(=O)OCCOC12CC3CC(C1)C(=O)C(C3)C2. The van der Waals surface area contributed by atoms with Gasteiger partial charge in [-0.1, -0.05) is 6.58 Å². The third kappa shape index (κ3) is 2.41. The van der Waals surface area contributed by atoms with E-state index in [4.69, 9.17) is 9.47 Å². The summed E-state index contributed by atoms with van der Waals surface area (Å²) in [4.78, 5) is 23.4. The van der Waals surface area contributed by atoms with Gasteiger partial charge in [-0.3, -0.25) is 4.79 Å². The lowest BCUT2D eigenvalue weighted by molar-refractivity contribution is -0.180. The highest BCUT2D eigenvalue weighted by Crippen LogP contribution is 2.55. The van der Waals surface area contributed by atoms with E-state index in [1.165, 1.54) is 0 Å². The van der Waals surface area contributed by atoms with Crippen LogP contribution in [0.15, 0.2) is 12.2 Å². The molecule has 4 heteroatoms. The maximum absolute atomic E-state index is 12.1. The first kappa shape index (κ1) is 13.8. The fourth-order valence-corrected chi connectivity index (χ4v) is 4.37. The van der Waals surface area contributed by atoms with Crippen molar-refractivity contribution in [3.63, 3.8) is 0 Å². The van der Waals surface area contributed by atoms with Crippen LogP contribution in [0.4, 0.5) is 0 Å². The molecule has 0 heterocycles. The molecule has 4 nitrogen and oxygen atoms in total. The van der Waals surface area contributed by atoms with Crippen molar-refractivity contribution in [3.8, 4) is 0 Å². The minimum atomic E-state index is -0.366. The molecular weight excluding hydrogens is 256 g/mol. The highest BCUT2D eigenvalue weighted by Gasteiger charge is 2.55. The fourth-order valence-electron chi connectivity index (χ4n) is 4.37. The molecule has 0 aromatic rings. The minimum absolute atomic E-state index is 0.125. The second-order valence-corrected chi connectivity index (χ2v) is 6.69. The van der Waals surface area contributed by atoms with E-state index in [0.717, 1.165) is 32.1 Å². The van der Waals surface area contributed by atoms with Crippen LogP contribution in [0.1, 0.15) is 39.0 Å². The van der Waals surface area contributed by atoms with Gasteiger partial charge < -0.3 is 9.47 Å². The monoisotopic (exact) mass is 278 g/mol. The summed E-state index contributed by atoms with van der Waals surface area (Å²) < 4.78 is 11.1. The third-order valence-corrected chi connectivity index (χ3v) is 5.01. The van der Waals surface area contributed by atoms with Crippen LogP contribution < -0.4 is 0 Å². The Hall–Kier alpha value is -1.16. The Morgan fingerprint density at radius 3 is 2.50 bits per heavy atom. The smallest absolute Gasteiger partial charge is 0.333 e. The lowest BCUT2D eigenvalue weighted by atomic mass is 9.53. The molecule has 0 aromatic carbocycles. The van der Waals surface area contributed by atoms with Crippen LogP contribution in [0.5, 0.6) is 0 Å². The Morgan fingerprint density at radius 2 is 1.90 bits per heavy atom. The molecule has 2 atom stereocenters. The van der Waals surface area contributed by atoms with Gasteiger partial charge in [-0.2, -0.15) is 0 Å². The van der Waals surface area contributed by atoms with E-state index in [1.54, 1.807) is 6.92 Å². The summed E-state index contributed by atoms with van der Waals surface area (Å²) in [5.41, 5.74) is 0.283. The van der Waals surface area contributed by atoms with Crippen molar-refractivity contribution < 1.29 is 19.1 Å². The number of ketones is 1. The van der Waals surface area contributed by atoms with E-state index in [0.29, 0.717) is 23.9 Å². The highest BCUT2D eigenvalue weighted by molar-refractivity contribution is 5.87. The normalized spacial score (nSPS) is 38.0. The van der Waals surface area contributed by atoms with Crippen molar-refractivity contribution in [1.29, 1.82) is 0 Å². The molecule has 0 spiro atoms. The number of hydrogen-bond acceptors (Lipinski definition) is 4. The first-order valence-corrected chi connectivity index (χ1v) is 7.49. The Morgan fingerprint density at radius 1 is 1.25 bits per heavy atom. The second kappa shape index (κ2) is 4.99. The summed E-state index contributed by atoms with van der Waals surface area (Å²) in [6.07, 6.45) is 4.93. The summed E-state index contributed by atoms with van der Waals surface area (Å²) in [6, 6.07) is 0. The molecule has 0 amide bonds. The summed E-state index contributed by atoms with van der Waals surface area (Å²) >= 11 is 0. The highest BCUT2D eigenvalue weighted by atomic mass is 16.6. The Bertz CT molecular complexity index is 435. The van der Waals surface area contributed by atoms with Crippen molar-refractivity contribution in [2.45, 2.75) is 44.6 Å². The van der Waals surface area contributed by atoms with Crippen LogP contribution in [0, 0.1) is 17.8 Å². The van der Waals surface area contributed by atoms with Gasteiger partial charge in [0.25, 0.3) is 0 Å². The molecule has 4 aliphatic rings. The maximum atomic E-state index is 12.1. The Balaban J connectivity index is 1.52. The lowest BCUT2D eigenvalue weighted by Gasteiger charge is -2.55. The average Bonchev–Trinajstić information content (AvgIpc) is 2.39. The van der Waals surface area contributed by atoms with Gasteiger partial charge in [-0.05, 0) is 44.9 Å². The predicted molar refractivity (Wildman–Crippen MR) is 73.0 cm³/mol. The quantitative estimate of drug-likeness (QED) is 0.440. The standard InChI is InChI=1S/C16H22O4/c1-10(2)15(18)19-3-4-20-16-7-11-5-12(8-16)14(17)13(6-11)9-16/h11-13H,1,3-9H2,2H3. The maximum Gasteiger partial charge on any atom is 0.333 e. The third-order valence-electron chi connectivity index (χ3n) is 5.01. The number of carbonyl (C=O) groups is 2. The first-order chi connectivity index (χ1) is 9.49. The lowest BCUT2D eigenvalue weighted by Crippen LogP contribution is -2.56. The summed E-state index contributed by atoms with van der Waals surface area (Å²) in [6.45, 7) is 5.86. The first-order valence-electron chi connectivity index (χ1n) is 7.49. The van der Waals surface area contributed by atoms with E-state index in [1.807, 2.05) is 0 Å². The topological polar surface area (TPSA) is 52.6 Å². The zero-order valence-corrected chi connectivity index (χ0v) is 12.0. The molecule has 0 aromatic heterocycles. The molecule has 20 heavy (non-hydrogen) atoms. The number of ether oxygens (including phenoxy) is 2. The molecule has 4 rings (SSSR count). The number of Topliss-reactive ketones (excluding diaryl/α,β-unsaturated/α-hetero) is 1. The summed E-state index contributed by atoms with van der Waals surface area (Å²) in [5, 5.41) is 0. The fraction of sp³-hybridized carbons (Fsp3) is 0.750. The van der Waals surface area contributed by atoms with E-state index in [2.05, 4.69) is 6.58 Å². The Kier molecular flexibility index (Phi) is 3.44. The van der Waals surface area contributed by atoms with Crippen LogP contribution >= 0.6 is 0 Å². The van der Waals surface area contributed by atoms with E-state index in [9.17, 15) is 9.59 Å². The summed E-state index contributed by atoms with van der Waals surface area (Å²) in [5.74, 6) is 1.20. The molecule has 0 saturated heterocycles. The minimum Gasteiger partial charge on any atom is -0.460 e. The molecule has 0 aliphatic heterocycles. The van der Waals surface area contributed by atoms with Gasteiger partial charge in [0, 0.05) is 17.4 Å². The zero-order valence-electron chi connectivity index (χ0n) is 12.0. The zero-order chi connectivity index (χ0) is 14.3. The molecule has 110 valence electrons. The van der Waals surface area contributed by atoms with Crippen LogP contribution in [0.2, 0.25) is 0 Å². The predicted octanol–water partition coefficient (Wildman–Crippen LogP) is 2.27. The number of carbonyl (C=O) groups excluding carboxylic acids is 2. The molecule has 0 radical (unpaired) electrons. The van der Waals surface area contributed by atoms with E-state index >= 15 is 0 Å². The van der Waals surface area contributed by atoms with E-state index < -0.39 is 0 Å². The largest absolute Gasteiger partial charge is 0.460 e. The van der Waals surface area contributed by atoms with Gasteiger partial charge in [0.15, 0.2) is 0 Å². The van der Waals surface area contributed by atoms with Gasteiger partial charge >= 0.3 is 5.97 Å². The molecule has 4 bridgehead atoms. The van der Waals surface area contributed by atoms with Crippen LogP contribution in [0.3, 0.4) is 0 Å². The average molecular weight is 278 g/mol. The van der Waals surface area contributed by atoms with Gasteiger partial charge in [0.1, 0.15) is 12.4 Å². The van der Waals surface area contributed by atoms with Gasteiger partial charge in [-0.15, -0.1) is 0 Å². The Labute approximate surface area is 119 Å². The van der Waals surface area contributed by atoms with Crippen molar-refractivity contribution in [1.82, 2.24) is 0 Å². The summed E-state index contributed by atoms with van der Waals surface area (Å²) in [7, 11) is 0. The number of rotatable bonds is 5. The van der Waals surface area contributed by atoms with Crippen LogP contribution in [-0.2, 0) is 19.1 Å². The van der Waals surface area contributed by atoms with Crippen LogP contribution in [-0.4, -0.2) is 30.6 Å². The second-order valence-electron chi connectivity index (χ2n) is 6.69. The van der Waals surface area contributed by atoms with Gasteiger partial charge in [0.2, 0.25) is 0 Å².